The first-order chi connectivity index (χ1) is 12.4. The van der Waals surface area contributed by atoms with Crippen molar-refractivity contribution in [2.45, 2.75) is 17.7 Å². The highest BCUT2D eigenvalue weighted by Gasteiger charge is 2.27. The van der Waals surface area contributed by atoms with Crippen LogP contribution in [-0.4, -0.2) is 36.6 Å². The van der Waals surface area contributed by atoms with Crippen molar-refractivity contribution in [3.8, 4) is 0 Å². The molecule has 1 saturated heterocycles. The number of nitrogens with one attached hydrogen (secondary N) is 1. The summed E-state index contributed by atoms with van der Waals surface area (Å²) in [4.78, 5) is 22.9. The standard InChI is InChI=1S/C17H17N3O5S/c21-17(15-8-1-2-9-16(15)20(22)23)18-13-6-5-7-14(12-13)26(24,25)19-10-3-4-11-19/h1-2,5-9,12H,3-4,10-11H2,(H,18,21). The number of nitrogens with zero attached hydrogens (tertiary/aromatic N) is 2. The van der Waals surface area contributed by atoms with Gasteiger partial charge in [0.15, 0.2) is 0 Å². The van der Waals surface area contributed by atoms with Gasteiger partial charge in [0.2, 0.25) is 10.0 Å². The lowest BCUT2D eigenvalue weighted by Crippen LogP contribution is -2.27. The van der Waals surface area contributed by atoms with Crippen molar-refractivity contribution >= 4 is 27.3 Å². The van der Waals surface area contributed by atoms with Gasteiger partial charge in [-0.1, -0.05) is 18.2 Å². The van der Waals surface area contributed by atoms with Gasteiger partial charge in [-0.25, -0.2) is 8.42 Å². The minimum absolute atomic E-state index is 0.0831. The lowest BCUT2D eigenvalue weighted by atomic mass is 10.1. The van der Waals surface area contributed by atoms with Gasteiger partial charge in [-0.15, -0.1) is 0 Å². The average Bonchev–Trinajstić information content (AvgIpc) is 3.17. The fraction of sp³-hybridized carbons (Fsp3) is 0.235. The fourth-order valence-electron chi connectivity index (χ4n) is 2.84. The van der Waals surface area contributed by atoms with Crippen LogP contribution in [0.3, 0.4) is 0 Å². The maximum absolute atomic E-state index is 12.6. The second-order valence-electron chi connectivity index (χ2n) is 5.87. The Labute approximate surface area is 150 Å². The second-order valence-corrected chi connectivity index (χ2v) is 7.81. The summed E-state index contributed by atoms with van der Waals surface area (Å²) in [6, 6.07) is 11.5. The van der Waals surface area contributed by atoms with Crippen LogP contribution in [0.25, 0.3) is 0 Å². The molecule has 1 amide bonds. The van der Waals surface area contributed by atoms with Gasteiger partial charge in [0.25, 0.3) is 11.6 Å². The molecule has 0 aliphatic carbocycles. The van der Waals surface area contributed by atoms with Crippen LogP contribution in [0.4, 0.5) is 11.4 Å². The number of nitro benzene ring substituents is 1. The quantitative estimate of drug-likeness (QED) is 0.638. The van der Waals surface area contributed by atoms with E-state index in [4.69, 9.17) is 0 Å². The van der Waals surface area contributed by atoms with Crippen LogP contribution in [0.5, 0.6) is 0 Å². The fourth-order valence-corrected chi connectivity index (χ4v) is 4.40. The largest absolute Gasteiger partial charge is 0.322 e. The zero-order valence-electron chi connectivity index (χ0n) is 13.8. The summed E-state index contributed by atoms with van der Waals surface area (Å²) in [6.45, 7) is 0.963. The average molecular weight is 375 g/mol. The lowest BCUT2D eigenvalue weighted by Gasteiger charge is -2.16. The van der Waals surface area contributed by atoms with Gasteiger partial charge < -0.3 is 5.32 Å². The number of amides is 1. The molecule has 1 N–H and O–H groups in total. The first kappa shape index (κ1) is 18.0. The number of rotatable bonds is 5. The summed E-state index contributed by atoms with van der Waals surface area (Å²) in [5, 5.41) is 13.6. The maximum Gasteiger partial charge on any atom is 0.282 e. The van der Waals surface area contributed by atoms with Crippen molar-refractivity contribution in [3.63, 3.8) is 0 Å². The van der Waals surface area contributed by atoms with Crippen molar-refractivity contribution in [1.82, 2.24) is 4.31 Å². The lowest BCUT2D eigenvalue weighted by molar-refractivity contribution is -0.385. The van der Waals surface area contributed by atoms with Crippen molar-refractivity contribution in [2.75, 3.05) is 18.4 Å². The number of para-hydroxylation sites is 1. The van der Waals surface area contributed by atoms with Crippen LogP contribution in [0.1, 0.15) is 23.2 Å². The van der Waals surface area contributed by atoms with Gasteiger partial charge >= 0.3 is 0 Å². The minimum Gasteiger partial charge on any atom is -0.322 e. The van der Waals surface area contributed by atoms with E-state index in [1.807, 2.05) is 0 Å². The van der Waals surface area contributed by atoms with E-state index in [0.717, 1.165) is 12.8 Å². The number of anilines is 1. The van der Waals surface area contributed by atoms with E-state index in [9.17, 15) is 23.3 Å². The molecular weight excluding hydrogens is 358 g/mol. The van der Waals surface area contributed by atoms with Gasteiger partial charge in [0.05, 0.1) is 9.82 Å². The molecule has 0 bridgehead atoms. The van der Waals surface area contributed by atoms with Gasteiger partial charge in [-0.05, 0) is 37.1 Å². The SMILES string of the molecule is O=C(Nc1cccc(S(=O)(=O)N2CCCC2)c1)c1ccccc1[N+](=O)[O-]. The van der Waals surface area contributed by atoms with Crippen LogP contribution in [0, 0.1) is 10.1 Å². The van der Waals surface area contributed by atoms with E-state index < -0.39 is 20.9 Å². The van der Waals surface area contributed by atoms with E-state index in [2.05, 4.69) is 5.32 Å². The van der Waals surface area contributed by atoms with Crippen molar-refractivity contribution < 1.29 is 18.1 Å². The zero-order valence-corrected chi connectivity index (χ0v) is 14.6. The van der Waals surface area contributed by atoms with Crippen molar-refractivity contribution in [1.29, 1.82) is 0 Å². The molecule has 0 atom stereocenters. The molecule has 1 fully saturated rings. The van der Waals surface area contributed by atoms with Gasteiger partial charge in [-0.3, -0.25) is 14.9 Å². The molecular formula is C17H17N3O5S. The molecule has 3 rings (SSSR count). The van der Waals surface area contributed by atoms with Gasteiger partial charge in [0.1, 0.15) is 5.56 Å². The molecule has 1 aliphatic heterocycles. The van der Waals surface area contributed by atoms with Gasteiger partial charge in [-0.2, -0.15) is 4.31 Å². The number of sulfonamides is 1. The van der Waals surface area contributed by atoms with E-state index in [0.29, 0.717) is 13.1 Å². The highest BCUT2D eigenvalue weighted by molar-refractivity contribution is 7.89. The molecule has 1 aliphatic rings. The van der Waals surface area contributed by atoms with E-state index in [1.54, 1.807) is 0 Å². The third-order valence-electron chi connectivity index (χ3n) is 4.14. The first-order valence-corrected chi connectivity index (χ1v) is 9.48. The number of hydrogen-bond donors (Lipinski definition) is 1. The summed E-state index contributed by atoms with van der Waals surface area (Å²) >= 11 is 0. The topological polar surface area (TPSA) is 110 Å². The minimum atomic E-state index is -3.61. The summed E-state index contributed by atoms with van der Waals surface area (Å²) in [5.74, 6) is -0.673. The second kappa shape index (κ2) is 7.22. The summed E-state index contributed by atoms with van der Waals surface area (Å²) in [7, 11) is -3.61. The van der Waals surface area contributed by atoms with Crippen LogP contribution in [0.2, 0.25) is 0 Å². The van der Waals surface area contributed by atoms with Crippen LogP contribution >= 0.6 is 0 Å². The molecule has 0 unspecified atom stereocenters. The Morgan fingerprint density at radius 1 is 1.08 bits per heavy atom. The third-order valence-corrected chi connectivity index (χ3v) is 6.03. The smallest absolute Gasteiger partial charge is 0.282 e. The van der Waals surface area contributed by atoms with Crippen LogP contribution in [-0.2, 0) is 10.0 Å². The van der Waals surface area contributed by atoms with E-state index in [1.165, 1.54) is 52.8 Å². The Hall–Kier alpha value is -2.78. The number of nitro groups is 1. The third kappa shape index (κ3) is 3.58. The maximum atomic E-state index is 12.6. The summed E-state index contributed by atoms with van der Waals surface area (Å²) < 4.78 is 26.6. The first-order valence-electron chi connectivity index (χ1n) is 8.04. The Kier molecular flexibility index (Phi) is 5.01. The summed E-state index contributed by atoms with van der Waals surface area (Å²) in [6.07, 6.45) is 1.65. The zero-order chi connectivity index (χ0) is 18.7. The van der Waals surface area contributed by atoms with E-state index >= 15 is 0 Å². The molecule has 9 heteroatoms. The highest BCUT2D eigenvalue weighted by atomic mass is 32.2. The molecule has 0 aromatic heterocycles. The Bertz CT molecular complexity index is 952. The monoisotopic (exact) mass is 375 g/mol. The predicted molar refractivity (Wildman–Crippen MR) is 95.5 cm³/mol. The molecule has 2 aromatic rings. The number of carbonyl (C=O) groups excluding carboxylic acids is 1. The molecule has 0 saturated carbocycles. The van der Waals surface area contributed by atoms with Crippen LogP contribution < -0.4 is 5.32 Å². The molecule has 0 radical (unpaired) electrons. The number of benzene rings is 2. The Balaban J connectivity index is 1.86. The van der Waals surface area contributed by atoms with Gasteiger partial charge in [0, 0.05) is 24.8 Å². The van der Waals surface area contributed by atoms with Crippen LogP contribution in [0.15, 0.2) is 53.4 Å². The molecule has 0 spiro atoms. The molecule has 26 heavy (non-hydrogen) atoms. The highest BCUT2D eigenvalue weighted by Crippen LogP contribution is 2.24. The normalized spacial score (nSPS) is 14.9. The molecule has 8 nitrogen and oxygen atoms in total. The van der Waals surface area contributed by atoms with Crippen molar-refractivity contribution in [2.24, 2.45) is 0 Å². The molecule has 136 valence electrons. The predicted octanol–water partition coefficient (Wildman–Crippen LogP) is 2.63. The van der Waals surface area contributed by atoms with Crippen molar-refractivity contribution in [3.05, 3.63) is 64.2 Å². The number of carbonyl (C=O) groups is 1. The summed E-state index contributed by atoms with van der Waals surface area (Å²) in [5.41, 5.74) is -0.149. The Morgan fingerprint density at radius 3 is 2.46 bits per heavy atom. The Morgan fingerprint density at radius 2 is 1.77 bits per heavy atom. The van der Waals surface area contributed by atoms with E-state index in [-0.39, 0.29) is 21.8 Å². The number of hydrogen-bond acceptors (Lipinski definition) is 5. The molecule has 1 heterocycles. The molecule has 2 aromatic carbocycles.